The van der Waals surface area contributed by atoms with Crippen LogP contribution >= 0.6 is 0 Å². The van der Waals surface area contributed by atoms with Gasteiger partial charge < -0.3 is 14.6 Å². The fourth-order valence-electron chi connectivity index (χ4n) is 2.28. The van der Waals surface area contributed by atoms with Gasteiger partial charge in [0.1, 0.15) is 11.5 Å². The van der Waals surface area contributed by atoms with Gasteiger partial charge in [-0.15, -0.1) is 0 Å². The molecule has 0 radical (unpaired) electrons. The van der Waals surface area contributed by atoms with Crippen LogP contribution < -0.4 is 9.47 Å². The summed E-state index contributed by atoms with van der Waals surface area (Å²) in [7, 11) is 1.53. The van der Waals surface area contributed by atoms with Crippen molar-refractivity contribution >= 4 is 17.6 Å². The van der Waals surface area contributed by atoms with Gasteiger partial charge in [-0.1, -0.05) is 43.7 Å². The van der Waals surface area contributed by atoms with Crippen molar-refractivity contribution in [3.05, 3.63) is 59.7 Å². The predicted octanol–water partition coefficient (Wildman–Crippen LogP) is 4.50. The monoisotopic (exact) mass is 326 g/mol. The topological polar surface area (TPSA) is 55.8 Å². The fourth-order valence-corrected chi connectivity index (χ4v) is 2.28. The van der Waals surface area contributed by atoms with Crippen molar-refractivity contribution in [2.45, 2.75) is 19.8 Å². The number of ether oxygens (including phenoxy) is 2. The Hall–Kier alpha value is -2.75. The number of methoxy groups -OCH3 is 1. The zero-order chi connectivity index (χ0) is 17.4. The van der Waals surface area contributed by atoms with E-state index in [9.17, 15) is 9.90 Å². The van der Waals surface area contributed by atoms with Crippen molar-refractivity contribution in [2.75, 3.05) is 13.7 Å². The molecule has 1 N–H and O–H groups in total. The predicted molar refractivity (Wildman–Crippen MR) is 95.3 cm³/mol. The van der Waals surface area contributed by atoms with E-state index in [0.717, 1.165) is 24.2 Å². The van der Waals surface area contributed by atoms with Crippen LogP contribution in [0.25, 0.3) is 11.6 Å². The van der Waals surface area contributed by atoms with Crippen LogP contribution in [0.5, 0.6) is 11.5 Å². The van der Waals surface area contributed by atoms with E-state index in [1.54, 1.807) is 24.3 Å². The number of hydrogen-bond acceptors (Lipinski definition) is 3. The summed E-state index contributed by atoms with van der Waals surface area (Å²) in [5.41, 5.74) is 1.53. The largest absolute Gasteiger partial charge is 0.496 e. The number of benzene rings is 2. The first kappa shape index (κ1) is 17.6. The molecule has 0 fully saturated rings. The molecule has 0 aromatic heterocycles. The number of hydrogen-bond donors (Lipinski definition) is 1. The van der Waals surface area contributed by atoms with Crippen LogP contribution in [0.15, 0.2) is 48.5 Å². The molecular weight excluding hydrogens is 304 g/mol. The second-order valence-corrected chi connectivity index (χ2v) is 5.33. The van der Waals surface area contributed by atoms with Crippen molar-refractivity contribution in [1.82, 2.24) is 0 Å². The second-order valence-electron chi connectivity index (χ2n) is 5.33. The Morgan fingerprint density at radius 3 is 2.46 bits per heavy atom. The lowest BCUT2D eigenvalue weighted by Crippen LogP contribution is -2.02. The lowest BCUT2D eigenvalue weighted by Gasteiger charge is -2.09. The van der Waals surface area contributed by atoms with Crippen molar-refractivity contribution < 1.29 is 19.4 Å². The van der Waals surface area contributed by atoms with Crippen molar-refractivity contribution in [1.29, 1.82) is 0 Å². The molecule has 0 saturated carbocycles. The third-order valence-corrected chi connectivity index (χ3v) is 3.59. The molecule has 0 aliphatic rings. The van der Waals surface area contributed by atoms with Gasteiger partial charge in [0, 0.05) is 5.56 Å². The number of carbonyl (C=O) groups is 1. The van der Waals surface area contributed by atoms with E-state index in [-0.39, 0.29) is 5.57 Å². The Balaban J connectivity index is 2.26. The van der Waals surface area contributed by atoms with Gasteiger partial charge in [-0.3, -0.25) is 0 Å². The highest BCUT2D eigenvalue weighted by molar-refractivity contribution is 6.21. The van der Waals surface area contributed by atoms with Crippen molar-refractivity contribution in [3.8, 4) is 11.5 Å². The first-order valence-electron chi connectivity index (χ1n) is 7.97. The minimum absolute atomic E-state index is 0.187. The van der Waals surface area contributed by atoms with E-state index in [0.29, 0.717) is 17.9 Å². The molecule has 0 aliphatic carbocycles. The summed E-state index contributed by atoms with van der Waals surface area (Å²) in [6, 6.07) is 14.5. The van der Waals surface area contributed by atoms with Crippen LogP contribution in [0.4, 0.5) is 0 Å². The number of carboxylic acids is 1. The summed E-state index contributed by atoms with van der Waals surface area (Å²) < 4.78 is 10.9. The van der Waals surface area contributed by atoms with Crippen LogP contribution in [-0.4, -0.2) is 24.8 Å². The summed E-state index contributed by atoms with van der Waals surface area (Å²) in [5.74, 6) is 0.322. The smallest absolute Gasteiger partial charge is 0.336 e. The SMILES string of the molecule is CCCCOc1ccc(/C=C(\C(=O)O)c2ccccc2OC)cc1. The van der Waals surface area contributed by atoms with E-state index in [1.807, 2.05) is 30.3 Å². The van der Waals surface area contributed by atoms with Crippen molar-refractivity contribution in [3.63, 3.8) is 0 Å². The standard InChI is InChI=1S/C20H22O4/c1-3-4-13-24-16-11-9-15(10-12-16)14-18(20(21)22)17-7-5-6-8-19(17)23-2/h5-12,14H,3-4,13H2,1-2H3,(H,21,22)/b18-14-. The average molecular weight is 326 g/mol. The normalized spacial score (nSPS) is 11.2. The highest BCUT2D eigenvalue weighted by atomic mass is 16.5. The Kier molecular flexibility index (Phi) is 6.43. The molecular formula is C20H22O4. The van der Waals surface area contributed by atoms with E-state index in [2.05, 4.69) is 6.92 Å². The lowest BCUT2D eigenvalue weighted by atomic mass is 10.0. The van der Waals surface area contributed by atoms with E-state index < -0.39 is 5.97 Å². The van der Waals surface area contributed by atoms with E-state index in [4.69, 9.17) is 9.47 Å². The lowest BCUT2D eigenvalue weighted by molar-refractivity contribution is -0.130. The molecule has 4 heteroatoms. The first-order valence-corrected chi connectivity index (χ1v) is 7.97. The Labute approximate surface area is 142 Å². The summed E-state index contributed by atoms with van der Waals surface area (Å²) in [6.07, 6.45) is 3.73. The zero-order valence-corrected chi connectivity index (χ0v) is 14.0. The summed E-state index contributed by atoms with van der Waals surface area (Å²) in [6.45, 7) is 2.80. The second kappa shape index (κ2) is 8.77. The quantitative estimate of drug-likeness (QED) is 0.441. The molecule has 0 saturated heterocycles. The molecule has 126 valence electrons. The van der Waals surface area contributed by atoms with Gasteiger partial charge in [-0.2, -0.15) is 0 Å². The average Bonchev–Trinajstić information content (AvgIpc) is 2.61. The molecule has 0 amide bonds. The number of unbranched alkanes of at least 4 members (excludes halogenated alkanes) is 1. The maximum atomic E-state index is 11.7. The number of para-hydroxylation sites is 1. The minimum Gasteiger partial charge on any atom is -0.496 e. The molecule has 0 heterocycles. The van der Waals surface area contributed by atoms with Gasteiger partial charge in [0.25, 0.3) is 0 Å². The van der Waals surface area contributed by atoms with Gasteiger partial charge in [-0.25, -0.2) is 4.79 Å². The number of aliphatic carboxylic acids is 1. The summed E-state index contributed by atoms with van der Waals surface area (Å²) in [5, 5.41) is 9.56. The van der Waals surface area contributed by atoms with Crippen LogP contribution in [-0.2, 0) is 4.79 Å². The van der Waals surface area contributed by atoms with E-state index >= 15 is 0 Å². The molecule has 0 unspecified atom stereocenters. The summed E-state index contributed by atoms with van der Waals surface area (Å²) in [4.78, 5) is 11.7. The fraction of sp³-hybridized carbons (Fsp3) is 0.250. The first-order chi connectivity index (χ1) is 11.7. The van der Waals surface area contributed by atoms with Crippen molar-refractivity contribution in [2.24, 2.45) is 0 Å². The van der Waals surface area contributed by atoms with Gasteiger partial charge in [-0.05, 0) is 36.3 Å². The summed E-state index contributed by atoms with van der Waals surface area (Å²) >= 11 is 0. The van der Waals surface area contributed by atoms with Gasteiger partial charge in [0.05, 0.1) is 19.3 Å². The van der Waals surface area contributed by atoms with Crippen LogP contribution in [0.3, 0.4) is 0 Å². The molecule has 0 aliphatic heterocycles. The maximum absolute atomic E-state index is 11.7. The molecule has 2 aromatic rings. The Morgan fingerprint density at radius 1 is 1.12 bits per heavy atom. The van der Waals surface area contributed by atoms with Crippen LogP contribution in [0.1, 0.15) is 30.9 Å². The molecule has 4 nitrogen and oxygen atoms in total. The Bertz CT molecular complexity index is 702. The highest BCUT2D eigenvalue weighted by Crippen LogP contribution is 2.28. The van der Waals surface area contributed by atoms with Gasteiger partial charge >= 0.3 is 5.97 Å². The molecule has 0 bridgehead atoms. The van der Waals surface area contributed by atoms with E-state index in [1.165, 1.54) is 7.11 Å². The van der Waals surface area contributed by atoms with Gasteiger partial charge in [0.2, 0.25) is 0 Å². The Morgan fingerprint density at radius 2 is 1.83 bits per heavy atom. The van der Waals surface area contributed by atoms with Crippen LogP contribution in [0.2, 0.25) is 0 Å². The van der Waals surface area contributed by atoms with Gasteiger partial charge in [0.15, 0.2) is 0 Å². The zero-order valence-electron chi connectivity index (χ0n) is 14.0. The third kappa shape index (κ3) is 4.62. The number of carboxylic acid groups (broad SMARTS) is 1. The highest BCUT2D eigenvalue weighted by Gasteiger charge is 2.14. The molecule has 24 heavy (non-hydrogen) atoms. The molecule has 0 atom stereocenters. The van der Waals surface area contributed by atoms with Crippen LogP contribution in [0, 0.1) is 0 Å². The minimum atomic E-state index is -0.997. The maximum Gasteiger partial charge on any atom is 0.336 e. The molecule has 2 aromatic carbocycles. The third-order valence-electron chi connectivity index (χ3n) is 3.59. The molecule has 2 rings (SSSR count). The number of rotatable bonds is 8. The molecule has 0 spiro atoms.